The van der Waals surface area contributed by atoms with E-state index < -0.39 is 0 Å². The summed E-state index contributed by atoms with van der Waals surface area (Å²) in [5.74, 6) is 0.540. The third kappa shape index (κ3) is 2.36. The molecule has 1 aliphatic heterocycles. The van der Waals surface area contributed by atoms with Gasteiger partial charge in [-0.1, -0.05) is 13.8 Å². The Morgan fingerprint density at radius 2 is 1.89 bits per heavy atom. The molecular formula is C16H22FNO. The van der Waals surface area contributed by atoms with E-state index in [0.29, 0.717) is 5.41 Å². The first-order chi connectivity index (χ1) is 8.89. The van der Waals surface area contributed by atoms with Gasteiger partial charge in [0.15, 0.2) is 0 Å². The topological polar surface area (TPSA) is 35.2 Å². The summed E-state index contributed by atoms with van der Waals surface area (Å²) in [5, 5.41) is 0. The van der Waals surface area contributed by atoms with Gasteiger partial charge >= 0.3 is 0 Å². The molecule has 1 heterocycles. The van der Waals surface area contributed by atoms with Gasteiger partial charge in [0.1, 0.15) is 17.2 Å². The molecule has 1 fully saturated rings. The van der Waals surface area contributed by atoms with Crippen molar-refractivity contribution in [1.82, 2.24) is 0 Å². The van der Waals surface area contributed by atoms with Crippen molar-refractivity contribution >= 4 is 0 Å². The number of hydrogen-bond donors (Lipinski definition) is 1. The Bertz CT molecular complexity index is 488. The molecule has 19 heavy (non-hydrogen) atoms. The monoisotopic (exact) mass is 263 g/mol. The summed E-state index contributed by atoms with van der Waals surface area (Å²) in [6.07, 6.45) is 5.22. The minimum atomic E-state index is -0.237. The average molecular weight is 263 g/mol. The third-order valence-electron chi connectivity index (χ3n) is 4.80. The van der Waals surface area contributed by atoms with Gasteiger partial charge in [0.2, 0.25) is 0 Å². The Balaban J connectivity index is 1.87. The second-order valence-corrected chi connectivity index (χ2v) is 6.94. The molecule has 1 atom stereocenters. The van der Waals surface area contributed by atoms with Gasteiger partial charge in [0.25, 0.3) is 0 Å². The Kier molecular flexibility index (Phi) is 2.86. The quantitative estimate of drug-likeness (QED) is 0.769. The van der Waals surface area contributed by atoms with E-state index >= 15 is 0 Å². The lowest BCUT2D eigenvalue weighted by Gasteiger charge is -2.47. The minimum Gasteiger partial charge on any atom is -0.487 e. The molecule has 0 amide bonds. The van der Waals surface area contributed by atoms with Crippen LogP contribution in [0.2, 0.25) is 0 Å². The second kappa shape index (κ2) is 4.20. The van der Waals surface area contributed by atoms with Crippen LogP contribution in [0, 0.1) is 11.2 Å². The summed E-state index contributed by atoms with van der Waals surface area (Å²) in [4.78, 5) is 0. The van der Waals surface area contributed by atoms with Crippen molar-refractivity contribution in [3.05, 3.63) is 29.6 Å². The SMILES string of the molecule is CC1(C)CCC2(CC1)CC(N)c1cc(F)ccc1O2. The highest BCUT2D eigenvalue weighted by Crippen LogP contribution is 2.49. The number of fused-ring (bicyclic) bond motifs is 1. The first-order valence-electron chi connectivity index (χ1n) is 7.13. The lowest BCUT2D eigenvalue weighted by molar-refractivity contribution is -0.0260. The molecule has 0 bridgehead atoms. The lowest BCUT2D eigenvalue weighted by atomic mass is 9.68. The molecule has 2 nitrogen and oxygen atoms in total. The third-order valence-corrected chi connectivity index (χ3v) is 4.80. The molecule has 1 aromatic carbocycles. The van der Waals surface area contributed by atoms with Crippen molar-refractivity contribution in [3.63, 3.8) is 0 Å². The smallest absolute Gasteiger partial charge is 0.125 e. The van der Waals surface area contributed by atoms with E-state index in [4.69, 9.17) is 10.5 Å². The van der Waals surface area contributed by atoms with Crippen molar-refractivity contribution in [1.29, 1.82) is 0 Å². The van der Waals surface area contributed by atoms with Gasteiger partial charge in [0, 0.05) is 18.0 Å². The van der Waals surface area contributed by atoms with Crippen molar-refractivity contribution in [2.75, 3.05) is 0 Å². The van der Waals surface area contributed by atoms with E-state index in [9.17, 15) is 4.39 Å². The zero-order chi connectivity index (χ0) is 13.7. The van der Waals surface area contributed by atoms with Crippen LogP contribution in [-0.2, 0) is 0 Å². The number of nitrogens with two attached hydrogens (primary N) is 1. The molecule has 2 N–H and O–H groups in total. The minimum absolute atomic E-state index is 0.110. The summed E-state index contributed by atoms with van der Waals surface area (Å²) < 4.78 is 19.5. The van der Waals surface area contributed by atoms with Gasteiger partial charge in [-0.2, -0.15) is 0 Å². The van der Waals surface area contributed by atoms with Crippen LogP contribution in [0.5, 0.6) is 5.75 Å². The largest absolute Gasteiger partial charge is 0.487 e. The average Bonchev–Trinajstić information content (AvgIpc) is 2.35. The predicted molar refractivity (Wildman–Crippen MR) is 73.6 cm³/mol. The predicted octanol–water partition coefficient (Wildman–Crippen LogP) is 3.95. The summed E-state index contributed by atoms with van der Waals surface area (Å²) in [6, 6.07) is 4.59. The van der Waals surface area contributed by atoms with Crippen molar-refractivity contribution in [3.8, 4) is 5.75 Å². The molecule has 0 saturated heterocycles. The molecule has 1 aliphatic carbocycles. The van der Waals surface area contributed by atoms with Crippen LogP contribution in [0.25, 0.3) is 0 Å². The highest BCUT2D eigenvalue weighted by atomic mass is 19.1. The van der Waals surface area contributed by atoms with Crippen LogP contribution < -0.4 is 10.5 Å². The standard InChI is InChI=1S/C16H22FNO/c1-15(2)5-7-16(8-6-15)10-13(18)12-9-11(17)3-4-14(12)19-16/h3-4,9,13H,5-8,10,18H2,1-2H3. The number of ether oxygens (including phenoxy) is 1. The highest BCUT2D eigenvalue weighted by molar-refractivity contribution is 5.39. The lowest BCUT2D eigenvalue weighted by Crippen LogP contribution is -2.47. The maximum Gasteiger partial charge on any atom is 0.125 e. The fraction of sp³-hybridized carbons (Fsp3) is 0.625. The van der Waals surface area contributed by atoms with Gasteiger partial charge in [0.05, 0.1) is 0 Å². The molecule has 1 aromatic rings. The molecule has 3 heteroatoms. The van der Waals surface area contributed by atoms with Gasteiger partial charge in [-0.3, -0.25) is 0 Å². The number of hydrogen-bond acceptors (Lipinski definition) is 2. The molecule has 104 valence electrons. The van der Waals surface area contributed by atoms with Crippen LogP contribution in [-0.4, -0.2) is 5.60 Å². The summed E-state index contributed by atoms with van der Waals surface area (Å²) >= 11 is 0. The van der Waals surface area contributed by atoms with Gasteiger partial charge in [-0.05, 0) is 49.3 Å². The Labute approximate surface area is 114 Å². The molecule has 3 rings (SSSR count). The molecule has 1 spiro atoms. The molecule has 0 radical (unpaired) electrons. The number of halogens is 1. The van der Waals surface area contributed by atoms with Crippen LogP contribution in [0.1, 0.15) is 57.6 Å². The molecule has 1 saturated carbocycles. The van der Waals surface area contributed by atoms with E-state index in [1.807, 2.05) is 0 Å². The van der Waals surface area contributed by atoms with Crippen LogP contribution in [0.4, 0.5) is 4.39 Å². The first kappa shape index (κ1) is 12.9. The van der Waals surface area contributed by atoms with Crippen LogP contribution in [0.15, 0.2) is 18.2 Å². The fourth-order valence-electron chi connectivity index (χ4n) is 3.38. The van der Waals surface area contributed by atoms with Gasteiger partial charge in [-0.25, -0.2) is 4.39 Å². The van der Waals surface area contributed by atoms with Crippen LogP contribution >= 0.6 is 0 Å². The second-order valence-electron chi connectivity index (χ2n) is 6.94. The zero-order valence-electron chi connectivity index (χ0n) is 11.7. The van der Waals surface area contributed by atoms with E-state index in [0.717, 1.165) is 43.4 Å². The maximum atomic E-state index is 13.3. The van der Waals surface area contributed by atoms with Crippen LogP contribution in [0.3, 0.4) is 0 Å². The summed E-state index contributed by atoms with van der Waals surface area (Å²) in [7, 11) is 0. The van der Waals surface area contributed by atoms with Crippen molar-refractivity contribution < 1.29 is 9.13 Å². The summed E-state index contributed by atoms with van der Waals surface area (Å²) in [5.41, 5.74) is 7.34. The fourth-order valence-corrected chi connectivity index (χ4v) is 3.38. The van der Waals surface area contributed by atoms with E-state index in [-0.39, 0.29) is 17.5 Å². The molecule has 0 aromatic heterocycles. The highest BCUT2D eigenvalue weighted by Gasteiger charge is 2.44. The number of benzene rings is 1. The number of rotatable bonds is 0. The Morgan fingerprint density at radius 3 is 2.58 bits per heavy atom. The van der Waals surface area contributed by atoms with Gasteiger partial charge < -0.3 is 10.5 Å². The van der Waals surface area contributed by atoms with E-state index in [1.165, 1.54) is 12.1 Å². The van der Waals surface area contributed by atoms with Gasteiger partial charge in [-0.15, -0.1) is 0 Å². The first-order valence-corrected chi connectivity index (χ1v) is 7.13. The maximum absolute atomic E-state index is 13.3. The molecular weight excluding hydrogens is 241 g/mol. The zero-order valence-corrected chi connectivity index (χ0v) is 11.7. The van der Waals surface area contributed by atoms with Crippen molar-refractivity contribution in [2.45, 2.75) is 57.6 Å². The molecule has 1 unspecified atom stereocenters. The summed E-state index contributed by atoms with van der Waals surface area (Å²) in [6.45, 7) is 4.62. The van der Waals surface area contributed by atoms with E-state index in [1.54, 1.807) is 6.07 Å². The molecule has 2 aliphatic rings. The Hall–Kier alpha value is -1.09. The van der Waals surface area contributed by atoms with E-state index in [2.05, 4.69) is 13.8 Å². The Morgan fingerprint density at radius 1 is 1.21 bits per heavy atom. The van der Waals surface area contributed by atoms with Crippen molar-refractivity contribution in [2.24, 2.45) is 11.1 Å². The normalized spacial score (nSPS) is 27.7.